The summed E-state index contributed by atoms with van der Waals surface area (Å²) in [5.41, 5.74) is 0. The Morgan fingerprint density at radius 3 is 1.42 bits per heavy atom. The lowest BCUT2D eigenvalue weighted by Crippen LogP contribution is -2.60. The van der Waals surface area contributed by atoms with E-state index in [-0.39, 0.29) is 0 Å². The minimum absolute atomic E-state index is 0.375. The van der Waals surface area contributed by atoms with Crippen molar-refractivity contribution in [2.45, 2.75) is 167 Å². The van der Waals surface area contributed by atoms with Crippen molar-refractivity contribution in [2.24, 2.45) is 23.7 Å². The van der Waals surface area contributed by atoms with Crippen LogP contribution >= 0.6 is 0 Å². The quantitative estimate of drug-likeness (QED) is 0.247. The lowest BCUT2D eigenvalue weighted by Gasteiger charge is -2.54. The summed E-state index contributed by atoms with van der Waals surface area (Å²) in [6, 6.07) is 0. The summed E-state index contributed by atoms with van der Waals surface area (Å²) in [5.74, 6) is 1.89. The maximum absolute atomic E-state index is 15.4. The van der Waals surface area contributed by atoms with Gasteiger partial charge in [0.15, 0.2) is 9.84 Å². The van der Waals surface area contributed by atoms with Crippen LogP contribution in [0.25, 0.3) is 0 Å². The SMILES string of the molecule is CCCCC1CCCCC1(CCC(C)C)S(=O)(=O)C1(CCC(C)C)CCCCC1CCCC. The summed E-state index contributed by atoms with van der Waals surface area (Å²) in [6.07, 6.45) is 19.7. The van der Waals surface area contributed by atoms with Gasteiger partial charge in [-0.25, -0.2) is 8.42 Å². The van der Waals surface area contributed by atoms with E-state index in [0.29, 0.717) is 23.7 Å². The van der Waals surface area contributed by atoms with Crippen LogP contribution in [0.4, 0.5) is 0 Å². The van der Waals surface area contributed by atoms with Crippen molar-refractivity contribution < 1.29 is 8.42 Å². The molecule has 0 heterocycles. The summed E-state index contributed by atoms with van der Waals surface area (Å²) >= 11 is 0. The van der Waals surface area contributed by atoms with Crippen LogP contribution in [0.15, 0.2) is 0 Å². The van der Waals surface area contributed by atoms with Gasteiger partial charge in [-0.15, -0.1) is 0 Å². The van der Waals surface area contributed by atoms with Crippen LogP contribution in [0.2, 0.25) is 0 Å². The zero-order valence-corrected chi connectivity index (χ0v) is 24.1. The molecule has 33 heavy (non-hydrogen) atoms. The second-order valence-electron chi connectivity index (χ2n) is 12.7. The highest BCUT2D eigenvalue weighted by Crippen LogP contribution is 2.56. The molecule has 2 aliphatic carbocycles. The number of hydrogen-bond donors (Lipinski definition) is 0. The smallest absolute Gasteiger partial charge is 0.162 e. The molecule has 0 bridgehead atoms. The Bertz CT molecular complexity index is 602. The summed E-state index contributed by atoms with van der Waals surface area (Å²) in [4.78, 5) is 0. The summed E-state index contributed by atoms with van der Waals surface area (Å²) < 4.78 is 29.8. The summed E-state index contributed by atoms with van der Waals surface area (Å²) in [6.45, 7) is 13.7. The van der Waals surface area contributed by atoms with Gasteiger partial charge >= 0.3 is 0 Å². The molecule has 0 spiro atoms. The van der Waals surface area contributed by atoms with Crippen molar-refractivity contribution in [3.63, 3.8) is 0 Å². The van der Waals surface area contributed by atoms with Crippen molar-refractivity contribution in [2.75, 3.05) is 0 Å². The molecule has 2 nitrogen and oxygen atoms in total. The van der Waals surface area contributed by atoms with E-state index in [9.17, 15) is 0 Å². The molecule has 2 saturated carbocycles. The molecule has 0 amide bonds. The molecule has 0 radical (unpaired) electrons. The third kappa shape index (κ3) is 6.59. The largest absolute Gasteiger partial charge is 0.228 e. The van der Waals surface area contributed by atoms with Gasteiger partial charge in [0, 0.05) is 0 Å². The molecule has 4 atom stereocenters. The Hall–Kier alpha value is -0.0500. The van der Waals surface area contributed by atoms with E-state index in [1.165, 1.54) is 38.5 Å². The van der Waals surface area contributed by atoms with Gasteiger partial charge < -0.3 is 0 Å². The van der Waals surface area contributed by atoms with E-state index in [2.05, 4.69) is 41.5 Å². The number of hydrogen-bond acceptors (Lipinski definition) is 2. The van der Waals surface area contributed by atoms with E-state index in [1.54, 1.807) is 0 Å². The van der Waals surface area contributed by atoms with Crippen LogP contribution in [0, 0.1) is 23.7 Å². The Balaban J connectivity index is 2.61. The molecule has 196 valence electrons. The van der Waals surface area contributed by atoms with Crippen LogP contribution in [0.3, 0.4) is 0 Å². The van der Waals surface area contributed by atoms with Gasteiger partial charge in [0.1, 0.15) is 0 Å². The predicted octanol–water partition coefficient (Wildman–Crippen LogP) is 9.51. The van der Waals surface area contributed by atoms with Gasteiger partial charge in [0.2, 0.25) is 0 Å². The third-order valence-corrected chi connectivity index (χ3v) is 13.1. The molecule has 0 aromatic heterocycles. The van der Waals surface area contributed by atoms with Gasteiger partial charge in [-0.3, -0.25) is 0 Å². The molecular weight excluding hydrogens is 424 g/mol. The van der Waals surface area contributed by atoms with E-state index >= 15 is 8.42 Å². The number of unbranched alkanes of at least 4 members (excludes halogenated alkanes) is 2. The predicted molar refractivity (Wildman–Crippen MR) is 145 cm³/mol. The number of rotatable bonds is 14. The molecule has 0 aromatic rings. The second kappa shape index (κ2) is 13.3. The Morgan fingerprint density at radius 2 is 1.09 bits per heavy atom. The van der Waals surface area contributed by atoms with E-state index in [0.717, 1.165) is 77.0 Å². The molecule has 2 aliphatic rings. The van der Waals surface area contributed by atoms with E-state index < -0.39 is 19.3 Å². The minimum Gasteiger partial charge on any atom is -0.228 e. The molecule has 4 unspecified atom stereocenters. The summed E-state index contributed by atoms with van der Waals surface area (Å²) in [5, 5.41) is 0. The minimum atomic E-state index is -3.26. The van der Waals surface area contributed by atoms with Crippen molar-refractivity contribution in [1.29, 1.82) is 0 Å². The Labute approximate surface area is 208 Å². The van der Waals surface area contributed by atoms with Crippen molar-refractivity contribution in [3.8, 4) is 0 Å². The highest BCUT2D eigenvalue weighted by molar-refractivity contribution is 7.94. The van der Waals surface area contributed by atoms with Crippen LogP contribution in [-0.2, 0) is 9.84 Å². The average molecular weight is 483 g/mol. The normalized spacial score (nSPS) is 31.4. The molecule has 0 saturated heterocycles. The Kier molecular flexibility index (Phi) is 11.8. The average Bonchev–Trinajstić information content (AvgIpc) is 2.79. The zero-order chi connectivity index (χ0) is 24.5. The van der Waals surface area contributed by atoms with Gasteiger partial charge in [0.05, 0.1) is 9.49 Å². The fourth-order valence-corrected chi connectivity index (χ4v) is 11.1. The van der Waals surface area contributed by atoms with E-state index in [4.69, 9.17) is 0 Å². The van der Waals surface area contributed by atoms with Crippen LogP contribution in [-0.4, -0.2) is 17.9 Å². The second-order valence-corrected chi connectivity index (χ2v) is 15.3. The standard InChI is InChI=1S/C30H58O2S/c1-7-9-15-27-17-11-13-21-29(27,23-19-25(3)4)33(31,32)30(24-20-26(5)6)22-14-12-18-28(30)16-10-8-2/h25-28H,7-24H2,1-6H3. The van der Waals surface area contributed by atoms with Crippen molar-refractivity contribution in [1.82, 2.24) is 0 Å². The number of sulfone groups is 1. The lowest BCUT2D eigenvalue weighted by atomic mass is 9.72. The lowest BCUT2D eigenvalue weighted by molar-refractivity contribution is 0.183. The maximum atomic E-state index is 15.4. The van der Waals surface area contributed by atoms with Gasteiger partial charge in [-0.2, -0.15) is 0 Å². The third-order valence-electron chi connectivity index (χ3n) is 9.47. The summed E-state index contributed by atoms with van der Waals surface area (Å²) in [7, 11) is -3.26. The molecule has 3 heteroatoms. The molecular formula is C30H58O2S. The first kappa shape index (κ1) is 29.2. The highest BCUT2D eigenvalue weighted by Gasteiger charge is 2.61. The topological polar surface area (TPSA) is 34.1 Å². The first-order valence-corrected chi connectivity index (χ1v) is 16.4. The van der Waals surface area contributed by atoms with Gasteiger partial charge in [-0.1, -0.05) is 92.9 Å². The molecule has 0 aromatic carbocycles. The molecule has 0 aliphatic heterocycles. The maximum Gasteiger partial charge on any atom is 0.162 e. The molecule has 2 fully saturated rings. The Morgan fingerprint density at radius 1 is 0.697 bits per heavy atom. The van der Waals surface area contributed by atoms with Gasteiger partial charge in [-0.05, 0) is 87.9 Å². The molecule has 2 rings (SSSR count). The highest BCUT2D eigenvalue weighted by atomic mass is 32.2. The van der Waals surface area contributed by atoms with E-state index in [1.807, 2.05) is 0 Å². The zero-order valence-electron chi connectivity index (χ0n) is 23.3. The fraction of sp³-hybridized carbons (Fsp3) is 1.00. The first-order chi connectivity index (χ1) is 15.7. The first-order valence-electron chi connectivity index (χ1n) is 14.9. The van der Waals surface area contributed by atoms with Crippen LogP contribution < -0.4 is 0 Å². The van der Waals surface area contributed by atoms with Crippen LogP contribution in [0.1, 0.15) is 157 Å². The van der Waals surface area contributed by atoms with Gasteiger partial charge in [0.25, 0.3) is 0 Å². The fourth-order valence-electron chi connectivity index (χ4n) is 7.39. The van der Waals surface area contributed by atoms with Crippen LogP contribution in [0.5, 0.6) is 0 Å². The molecule has 0 N–H and O–H groups in total. The van der Waals surface area contributed by atoms with Crippen molar-refractivity contribution in [3.05, 3.63) is 0 Å². The van der Waals surface area contributed by atoms with Crippen molar-refractivity contribution >= 4 is 9.84 Å². The monoisotopic (exact) mass is 482 g/mol.